The molecule has 3 aromatic carbocycles. The SMILES string of the molecule is O=C1[C@@H]2[C@H](C(=O)N1N=Cc1c3ccccc3cc3ccccc13)[C@H]1C=C[C@@H]2C12CC2. The Bertz CT molecular complexity index is 1250. The Morgan fingerprint density at radius 3 is 1.90 bits per heavy atom. The second-order valence-corrected chi connectivity index (χ2v) is 9.19. The van der Waals surface area contributed by atoms with E-state index in [2.05, 4.69) is 47.6 Å². The van der Waals surface area contributed by atoms with Gasteiger partial charge < -0.3 is 0 Å². The molecule has 7 rings (SSSR count). The number of hydrogen-bond donors (Lipinski definition) is 0. The van der Waals surface area contributed by atoms with Gasteiger partial charge in [-0.2, -0.15) is 10.1 Å². The van der Waals surface area contributed by atoms with E-state index < -0.39 is 0 Å². The topological polar surface area (TPSA) is 49.7 Å². The molecule has 3 aromatic rings. The monoisotopic (exact) mass is 392 g/mol. The van der Waals surface area contributed by atoms with Crippen LogP contribution in [-0.4, -0.2) is 23.0 Å². The van der Waals surface area contributed by atoms with Crippen molar-refractivity contribution in [3.8, 4) is 0 Å². The van der Waals surface area contributed by atoms with Gasteiger partial charge in [0, 0.05) is 5.56 Å². The summed E-state index contributed by atoms with van der Waals surface area (Å²) in [5.41, 5.74) is 1.16. The summed E-state index contributed by atoms with van der Waals surface area (Å²) in [6.45, 7) is 0. The zero-order valence-electron chi connectivity index (χ0n) is 16.4. The lowest BCUT2D eigenvalue weighted by Gasteiger charge is -2.18. The van der Waals surface area contributed by atoms with Crippen LogP contribution in [0.5, 0.6) is 0 Å². The molecule has 1 aliphatic heterocycles. The second kappa shape index (κ2) is 5.45. The molecule has 0 N–H and O–H groups in total. The van der Waals surface area contributed by atoms with Gasteiger partial charge in [0.15, 0.2) is 0 Å². The molecule has 1 heterocycles. The molecule has 146 valence electrons. The fraction of sp³-hybridized carbons (Fsp3) is 0.269. The Balaban J connectivity index is 1.32. The highest BCUT2D eigenvalue weighted by molar-refractivity contribution is 6.14. The van der Waals surface area contributed by atoms with Gasteiger partial charge in [-0.05, 0) is 57.7 Å². The highest BCUT2D eigenvalue weighted by Gasteiger charge is 2.73. The summed E-state index contributed by atoms with van der Waals surface area (Å²) in [6, 6.07) is 18.5. The van der Waals surface area contributed by atoms with Crippen molar-refractivity contribution in [2.24, 2.45) is 34.2 Å². The van der Waals surface area contributed by atoms with E-state index in [-0.39, 0.29) is 40.9 Å². The molecule has 4 heteroatoms. The fourth-order valence-corrected chi connectivity index (χ4v) is 6.48. The number of imide groups is 1. The van der Waals surface area contributed by atoms with Crippen molar-refractivity contribution in [1.82, 2.24) is 5.01 Å². The minimum Gasteiger partial charge on any atom is -0.272 e. The number of hydrazone groups is 1. The largest absolute Gasteiger partial charge is 0.272 e. The number of rotatable bonds is 2. The van der Waals surface area contributed by atoms with Gasteiger partial charge in [0.05, 0.1) is 18.1 Å². The Morgan fingerprint density at radius 1 is 0.833 bits per heavy atom. The third-order valence-electron chi connectivity index (χ3n) is 7.94. The first kappa shape index (κ1) is 16.5. The van der Waals surface area contributed by atoms with Crippen molar-refractivity contribution in [2.45, 2.75) is 12.8 Å². The molecular formula is C26H20N2O2. The third-order valence-corrected chi connectivity index (χ3v) is 7.94. The molecule has 4 aliphatic rings. The van der Waals surface area contributed by atoms with Crippen molar-refractivity contribution >= 4 is 39.6 Å². The van der Waals surface area contributed by atoms with Crippen LogP contribution in [0.4, 0.5) is 0 Å². The zero-order chi connectivity index (χ0) is 20.0. The van der Waals surface area contributed by atoms with Gasteiger partial charge in [-0.3, -0.25) is 9.59 Å². The lowest BCUT2D eigenvalue weighted by Crippen LogP contribution is -2.30. The van der Waals surface area contributed by atoms with Gasteiger partial charge in [-0.25, -0.2) is 0 Å². The molecule has 0 radical (unpaired) electrons. The van der Waals surface area contributed by atoms with Crippen LogP contribution < -0.4 is 0 Å². The number of allylic oxidation sites excluding steroid dienone is 2. The van der Waals surface area contributed by atoms with Crippen molar-refractivity contribution in [3.05, 3.63) is 72.3 Å². The van der Waals surface area contributed by atoms with Crippen LogP contribution >= 0.6 is 0 Å². The van der Waals surface area contributed by atoms with Crippen LogP contribution in [0.1, 0.15) is 18.4 Å². The van der Waals surface area contributed by atoms with Crippen molar-refractivity contribution in [1.29, 1.82) is 0 Å². The van der Waals surface area contributed by atoms with Crippen LogP contribution in [0.2, 0.25) is 0 Å². The number of amides is 2. The molecule has 2 amide bonds. The molecule has 3 fully saturated rings. The number of fused-ring (bicyclic) bond motifs is 5. The van der Waals surface area contributed by atoms with E-state index in [4.69, 9.17) is 0 Å². The number of benzene rings is 3. The molecule has 1 spiro atoms. The molecule has 0 aromatic heterocycles. The first-order chi connectivity index (χ1) is 14.7. The molecule has 30 heavy (non-hydrogen) atoms. The van der Waals surface area contributed by atoms with E-state index in [9.17, 15) is 9.59 Å². The van der Waals surface area contributed by atoms with Crippen LogP contribution in [-0.2, 0) is 9.59 Å². The summed E-state index contributed by atoms with van der Waals surface area (Å²) in [5, 5.41) is 10.0. The molecule has 2 bridgehead atoms. The minimum atomic E-state index is -0.212. The van der Waals surface area contributed by atoms with Gasteiger partial charge in [0.25, 0.3) is 11.8 Å². The Hall–Kier alpha value is -3.27. The summed E-state index contributed by atoms with van der Waals surface area (Å²) in [6.07, 6.45) is 8.39. The lowest BCUT2D eigenvalue weighted by atomic mass is 9.85. The molecule has 4 atom stereocenters. The van der Waals surface area contributed by atoms with Gasteiger partial charge in [0.2, 0.25) is 0 Å². The summed E-state index contributed by atoms with van der Waals surface area (Å²) < 4.78 is 0. The van der Waals surface area contributed by atoms with Gasteiger partial charge >= 0.3 is 0 Å². The normalized spacial score (nSPS) is 30.5. The maximum atomic E-state index is 13.2. The Morgan fingerprint density at radius 2 is 1.37 bits per heavy atom. The Kier molecular flexibility index (Phi) is 3.00. The van der Waals surface area contributed by atoms with E-state index in [1.807, 2.05) is 24.3 Å². The average molecular weight is 392 g/mol. The van der Waals surface area contributed by atoms with E-state index in [0.29, 0.717) is 0 Å². The first-order valence-corrected chi connectivity index (χ1v) is 10.7. The van der Waals surface area contributed by atoms with Crippen LogP contribution in [0.3, 0.4) is 0 Å². The van der Waals surface area contributed by atoms with E-state index in [1.165, 1.54) is 0 Å². The summed E-state index contributed by atoms with van der Waals surface area (Å²) >= 11 is 0. The zero-order valence-corrected chi connectivity index (χ0v) is 16.4. The quantitative estimate of drug-likeness (QED) is 0.279. The number of hydrogen-bond acceptors (Lipinski definition) is 3. The summed E-state index contributed by atoms with van der Waals surface area (Å²) in [7, 11) is 0. The molecule has 0 unspecified atom stereocenters. The molecule has 4 nitrogen and oxygen atoms in total. The summed E-state index contributed by atoms with van der Waals surface area (Å²) in [5.74, 6) is -0.208. The standard InChI is InChI=1S/C26H20N2O2/c29-24-22-20-9-10-21(26(20)11-12-26)23(22)25(30)28(24)27-14-19-17-7-3-1-5-15(17)13-16-6-2-4-8-18(16)19/h1-10,13-14,20-23H,11-12H2/t20-,21+,22-,23+. The van der Waals surface area contributed by atoms with E-state index in [1.54, 1.807) is 6.21 Å². The molecule has 1 saturated heterocycles. The van der Waals surface area contributed by atoms with Gasteiger partial charge in [-0.15, -0.1) is 0 Å². The van der Waals surface area contributed by atoms with Crippen molar-refractivity contribution < 1.29 is 9.59 Å². The maximum Gasteiger partial charge on any atom is 0.254 e. The number of carbonyl (C=O) groups excluding carboxylic acids is 2. The predicted molar refractivity (Wildman–Crippen MR) is 116 cm³/mol. The average Bonchev–Trinajstić information content (AvgIpc) is 3.37. The Labute approximate surface area is 173 Å². The first-order valence-electron chi connectivity index (χ1n) is 10.7. The number of nitrogens with zero attached hydrogens (tertiary/aromatic N) is 2. The van der Waals surface area contributed by atoms with E-state index in [0.717, 1.165) is 45.0 Å². The summed E-state index contributed by atoms with van der Waals surface area (Å²) in [4.78, 5) is 26.4. The van der Waals surface area contributed by atoms with Crippen LogP contribution in [0.15, 0.2) is 71.9 Å². The van der Waals surface area contributed by atoms with Crippen LogP contribution in [0, 0.1) is 29.1 Å². The third kappa shape index (κ3) is 1.89. The van der Waals surface area contributed by atoms with Crippen molar-refractivity contribution in [2.75, 3.05) is 0 Å². The van der Waals surface area contributed by atoms with Gasteiger partial charge in [-0.1, -0.05) is 60.7 Å². The molecular weight excluding hydrogens is 372 g/mol. The molecule has 2 saturated carbocycles. The smallest absolute Gasteiger partial charge is 0.254 e. The molecule has 3 aliphatic carbocycles. The van der Waals surface area contributed by atoms with E-state index >= 15 is 0 Å². The highest BCUT2D eigenvalue weighted by Crippen LogP contribution is 2.73. The highest BCUT2D eigenvalue weighted by atomic mass is 16.2. The maximum absolute atomic E-state index is 13.2. The van der Waals surface area contributed by atoms with Gasteiger partial charge in [0.1, 0.15) is 0 Å². The fourth-order valence-electron chi connectivity index (χ4n) is 6.48. The predicted octanol–water partition coefficient (Wildman–Crippen LogP) is 4.52. The lowest BCUT2D eigenvalue weighted by molar-refractivity contribution is -0.141. The second-order valence-electron chi connectivity index (χ2n) is 9.19. The van der Waals surface area contributed by atoms with Crippen molar-refractivity contribution in [3.63, 3.8) is 0 Å². The minimum absolute atomic E-state index is 0.117. The van der Waals surface area contributed by atoms with Crippen LogP contribution in [0.25, 0.3) is 21.5 Å². The number of carbonyl (C=O) groups is 2.